The molecule has 1 aromatic heterocycles. The number of fused-ring (bicyclic) bond motifs is 1. The van der Waals surface area contributed by atoms with Crippen LogP contribution in [0, 0.1) is 11.3 Å². The van der Waals surface area contributed by atoms with Crippen LogP contribution in [-0.4, -0.2) is 90.3 Å². The van der Waals surface area contributed by atoms with Crippen molar-refractivity contribution in [2.45, 2.75) is 115 Å². The van der Waals surface area contributed by atoms with Crippen molar-refractivity contribution >= 4 is 44.6 Å². The summed E-state index contributed by atoms with van der Waals surface area (Å²) in [4.78, 5) is 60.9. The van der Waals surface area contributed by atoms with E-state index in [1.807, 2.05) is 19.1 Å². The molecule has 5 atom stereocenters. The fourth-order valence-electron chi connectivity index (χ4n) is 6.49. The molecule has 2 aliphatic carbocycles. The maximum absolute atomic E-state index is 14.4. The fourth-order valence-corrected chi connectivity index (χ4v) is 7.86. The Morgan fingerprint density at radius 2 is 1.76 bits per heavy atom. The molecule has 0 spiro atoms. The molecule has 5 rings (SSSR count). The molecule has 1 aliphatic heterocycles. The van der Waals surface area contributed by atoms with Gasteiger partial charge in [-0.1, -0.05) is 40.2 Å². The van der Waals surface area contributed by atoms with Gasteiger partial charge in [-0.05, 0) is 69.6 Å². The van der Waals surface area contributed by atoms with Crippen molar-refractivity contribution in [1.29, 1.82) is 0 Å². The Morgan fingerprint density at radius 3 is 2.34 bits per heavy atom. The van der Waals surface area contributed by atoms with Crippen molar-refractivity contribution in [1.82, 2.24) is 25.2 Å². The highest BCUT2D eigenvalue weighted by molar-refractivity contribution is 7.91. The molecule has 3 N–H and O–H groups in total. The monoisotopic (exact) mass is 715 g/mol. The zero-order chi connectivity index (χ0) is 36.8. The highest BCUT2D eigenvalue weighted by Gasteiger charge is 2.62. The van der Waals surface area contributed by atoms with Crippen LogP contribution < -0.4 is 24.8 Å². The minimum absolute atomic E-state index is 0.0337. The first-order valence-corrected chi connectivity index (χ1v) is 18.6. The topological polar surface area (TPSA) is 182 Å². The molecule has 14 nitrogen and oxygen atoms in total. The van der Waals surface area contributed by atoms with E-state index in [-0.39, 0.29) is 31.2 Å². The summed E-state index contributed by atoms with van der Waals surface area (Å²) in [6.45, 7) is 12.3. The van der Waals surface area contributed by atoms with E-state index in [1.54, 1.807) is 67.0 Å². The number of alkyl carbamates (subject to hydrolysis) is 1. The molecular weight excluding hydrogens is 666 g/mol. The molecule has 274 valence electrons. The summed E-state index contributed by atoms with van der Waals surface area (Å²) >= 11 is 0. The highest BCUT2D eigenvalue weighted by Crippen LogP contribution is 2.47. The summed E-state index contributed by atoms with van der Waals surface area (Å²) in [6, 6.07) is 5.03. The van der Waals surface area contributed by atoms with Crippen LogP contribution in [0.5, 0.6) is 11.6 Å². The van der Waals surface area contributed by atoms with Crippen molar-refractivity contribution in [2.24, 2.45) is 11.3 Å². The lowest BCUT2D eigenvalue weighted by atomic mass is 9.85. The van der Waals surface area contributed by atoms with Gasteiger partial charge in [-0.25, -0.2) is 18.2 Å². The van der Waals surface area contributed by atoms with Gasteiger partial charge in [0.05, 0.1) is 18.9 Å². The summed E-state index contributed by atoms with van der Waals surface area (Å²) in [5, 5.41) is 6.38. The number of sulfonamides is 1. The molecule has 2 aromatic rings. The molecule has 1 saturated heterocycles. The average molecular weight is 716 g/mol. The maximum Gasteiger partial charge on any atom is 0.408 e. The predicted molar refractivity (Wildman–Crippen MR) is 185 cm³/mol. The second-order valence-corrected chi connectivity index (χ2v) is 17.5. The third-order valence-electron chi connectivity index (χ3n) is 9.40. The Labute approximate surface area is 293 Å². The Morgan fingerprint density at radius 1 is 1.06 bits per heavy atom. The largest absolute Gasteiger partial charge is 0.496 e. The Kier molecular flexibility index (Phi) is 10.0. The van der Waals surface area contributed by atoms with Gasteiger partial charge in [0.25, 0.3) is 5.91 Å². The summed E-state index contributed by atoms with van der Waals surface area (Å²) in [6.07, 6.45) is 1.86. The molecule has 4 amide bonds. The number of nitrogens with one attached hydrogen (secondary N) is 3. The average Bonchev–Trinajstić information content (AvgIpc) is 3.95. The van der Waals surface area contributed by atoms with Crippen LogP contribution in [0.15, 0.2) is 30.5 Å². The van der Waals surface area contributed by atoms with Crippen LogP contribution >= 0.6 is 0 Å². The Bertz CT molecular complexity index is 1770. The van der Waals surface area contributed by atoms with Crippen LogP contribution in [0.4, 0.5) is 4.79 Å². The molecule has 1 aromatic carbocycles. The van der Waals surface area contributed by atoms with E-state index in [9.17, 15) is 27.6 Å². The smallest absolute Gasteiger partial charge is 0.408 e. The van der Waals surface area contributed by atoms with Crippen molar-refractivity contribution in [3.63, 3.8) is 0 Å². The summed E-state index contributed by atoms with van der Waals surface area (Å²) in [5.41, 5.74) is -3.06. The Hall–Kier alpha value is -4.14. The molecule has 15 heteroatoms. The molecule has 0 radical (unpaired) electrons. The van der Waals surface area contributed by atoms with Crippen molar-refractivity contribution in [3.05, 3.63) is 30.5 Å². The van der Waals surface area contributed by atoms with Gasteiger partial charge < -0.3 is 29.7 Å². The Balaban J connectivity index is 1.45. The number of carbonyl (C=O) groups is 4. The van der Waals surface area contributed by atoms with E-state index < -0.39 is 73.8 Å². The molecule has 2 saturated carbocycles. The number of hydrogen-bond acceptors (Lipinski definition) is 10. The number of benzene rings is 1. The number of likely N-dealkylation sites (tertiary alicyclic amines) is 1. The standard InChI is InChI=1S/C35H49N5O9S/c1-9-20-18-35(20,31(43)39-50(45,46)22-13-14-22)38-28(41)25-17-21(48-29-24-11-10-12-26(47-8)23(24)15-16-36-29)19-40(25)30(42)27(33(2,3)4)37-32(44)49-34(5,6)7/h10-12,15-16,20-22,25,27H,9,13-14,17-19H2,1-8H3,(H,37,44)(H,38,41)(H,39,43)/t20?,21-,25+,27-,35-/m1/s1. The van der Waals surface area contributed by atoms with Gasteiger partial charge in [0, 0.05) is 23.4 Å². The molecule has 50 heavy (non-hydrogen) atoms. The SMILES string of the molecule is CCC1C[C@]1(NC(=O)[C@@H]1C[C@@H](Oc2nccc3c(OC)cccc23)CN1C(=O)[C@@H](NC(=O)OC(C)(C)C)C(C)(C)C)C(=O)NS(=O)(=O)C1CC1. The summed E-state index contributed by atoms with van der Waals surface area (Å²) in [5.74, 6) is -1.32. The number of rotatable bonds is 11. The van der Waals surface area contributed by atoms with Gasteiger partial charge >= 0.3 is 6.09 Å². The van der Waals surface area contributed by atoms with Crippen LogP contribution in [0.3, 0.4) is 0 Å². The van der Waals surface area contributed by atoms with E-state index in [1.165, 1.54) is 4.90 Å². The van der Waals surface area contributed by atoms with Crippen molar-refractivity contribution < 1.29 is 41.8 Å². The zero-order valence-corrected chi connectivity index (χ0v) is 30.8. The van der Waals surface area contributed by atoms with Crippen LogP contribution in [0.25, 0.3) is 10.8 Å². The van der Waals surface area contributed by atoms with Crippen LogP contribution in [0.2, 0.25) is 0 Å². The number of carbonyl (C=O) groups excluding carboxylic acids is 4. The predicted octanol–water partition coefficient (Wildman–Crippen LogP) is 3.42. The van der Waals surface area contributed by atoms with E-state index >= 15 is 0 Å². The second kappa shape index (κ2) is 13.5. The summed E-state index contributed by atoms with van der Waals surface area (Å²) < 4.78 is 44.9. The van der Waals surface area contributed by atoms with Gasteiger partial charge in [0.1, 0.15) is 35.1 Å². The minimum atomic E-state index is -3.86. The van der Waals surface area contributed by atoms with E-state index in [4.69, 9.17) is 14.2 Å². The number of aromatic nitrogens is 1. The number of amides is 4. The van der Waals surface area contributed by atoms with Crippen molar-refractivity contribution in [3.8, 4) is 11.6 Å². The molecule has 2 heterocycles. The number of pyridine rings is 1. The van der Waals surface area contributed by atoms with Gasteiger partial charge in [-0.15, -0.1) is 0 Å². The maximum atomic E-state index is 14.4. The molecule has 3 aliphatic rings. The molecular formula is C35H49N5O9S. The van der Waals surface area contributed by atoms with Crippen LogP contribution in [-0.2, 0) is 29.1 Å². The third-order valence-corrected chi connectivity index (χ3v) is 11.2. The number of ether oxygens (including phenoxy) is 3. The van der Waals surface area contributed by atoms with Gasteiger partial charge in [-0.3, -0.25) is 19.1 Å². The van der Waals surface area contributed by atoms with E-state index in [2.05, 4.69) is 20.3 Å². The van der Waals surface area contributed by atoms with Crippen molar-refractivity contribution in [2.75, 3.05) is 13.7 Å². The van der Waals surface area contributed by atoms with E-state index in [0.717, 1.165) is 5.39 Å². The fraction of sp³-hybridized carbons (Fsp3) is 0.629. The van der Waals surface area contributed by atoms with Gasteiger partial charge in [0.15, 0.2) is 0 Å². The lowest BCUT2D eigenvalue weighted by molar-refractivity contribution is -0.143. The first-order valence-electron chi connectivity index (χ1n) is 17.1. The number of hydrogen-bond donors (Lipinski definition) is 3. The summed E-state index contributed by atoms with van der Waals surface area (Å²) in [7, 11) is -2.30. The normalized spacial score (nSPS) is 24.2. The molecule has 3 fully saturated rings. The van der Waals surface area contributed by atoms with Gasteiger partial charge in [-0.2, -0.15) is 0 Å². The minimum Gasteiger partial charge on any atom is -0.496 e. The first-order chi connectivity index (χ1) is 23.3. The zero-order valence-electron chi connectivity index (χ0n) is 30.0. The second-order valence-electron chi connectivity index (χ2n) is 15.5. The highest BCUT2D eigenvalue weighted by atomic mass is 32.2. The lowest BCUT2D eigenvalue weighted by Gasteiger charge is -2.36. The first kappa shape index (κ1) is 37.1. The molecule has 0 bridgehead atoms. The van der Waals surface area contributed by atoms with Gasteiger partial charge in [0.2, 0.25) is 27.7 Å². The number of methoxy groups -OCH3 is 1. The molecule has 1 unspecified atom stereocenters. The lowest BCUT2D eigenvalue weighted by Crippen LogP contribution is -2.60. The third kappa shape index (κ3) is 7.92. The number of nitrogens with zero attached hydrogens (tertiary/aromatic N) is 2. The quantitative estimate of drug-likeness (QED) is 0.312. The van der Waals surface area contributed by atoms with Crippen LogP contribution in [0.1, 0.15) is 80.6 Å². The van der Waals surface area contributed by atoms with E-state index in [0.29, 0.717) is 30.4 Å².